The number of nitrogens with zero attached hydrogens (tertiary/aromatic N) is 3. The molecule has 0 saturated carbocycles. The molecule has 0 radical (unpaired) electrons. The van der Waals surface area contributed by atoms with Gasteiger partial charge in [0.05, 0.1) is 24.4 Å². The molecular formula is C21H29N3O. The van der Waals surface area contributed by atoms with Gasteiger partial charge in [-0.15, -0.1) is 6.58 Å². The van der Waals surface area contributed by atoms with Gasteiger partial charge in [0.15, 0.2) is 0 Å². The Hall–Kier alpha value is -1.65. The number of piperidine rings is 1. The molecule has 0 unspecified atom stereocenters. The van der Waals surface area contributed by atoms with Crippen molar-refractivity contribution in [1.82, 2.24) is 14.7 Å². The highest BCUT2D eigenvalue weighted by Gasteiger charge is 2.41. The Morgan fingerprint density at radius 3 is 2.76 bits per heavy atom. The topological polar surface area (TPSA) is 30.3 Å². The molecule has 0 amide bonds. The number of hydrogen-bond donors (Lipinski definition) is 0. The number of rotatable bonds is 7. The Bertz CT molecular complexity index is 711. The third kappa shape index (κ3) is 3.51. The van der Waals surface area contributed by atoms with Crippen LogP contribution in [0.15, 0.2) is 43.1 Å². The largest absolute Gasteiger partial charge is 0.374 e. The summed E-state index contributed by atoms with van der Waals surface area (Å²) >= 11 is 0. The second-order valence-corrected chi connectivity index (χ2v) is 7.79. The van der Waals surface area contributed by atoms with E-state index in [2.05, 4.69) is 52.4 Å². The molecule has 1 aromatic heterocycles. The molecule has 4 heteroatoms. The van der Waals surface area contributed by atoms with Crippen LogP contribution < -0.4 is 0 Å². The Labute approximate surface area is 150 Å². The molecule has 25 heavy (non-hydrogen) atoms. The summed E-state index contributed by atoms with van der Waals surface area (Å²) in [7, 11) is 0. The van der Waals surface area contributed by atoms with Gasteiger partial charge in [0, 0.05) is 30.6 Å². The Morgan fingerprint density at radius 2 is 2.00 bits per heavy atom. The highest BCUT2D eigenvalue weighted by Crippen LogP contribution is 2.37. The minimum atomic E-state index is 0.428. The van der Waals surface area contributed by atoms with E-state index < -0.39 is 0 Å². The monoisotopic (exact) mass is 339 g/mol. The van der Waals surface area contributed by atoms with Gasteiger partial charge in [-0.2, -0.15) is 5.10 Å². The van der Waals surface area contributed by atoms with E-state index in [4.69, 9.17) is 4.74 Å². The summed E-state index contributed by atoms with van der Waals surface area (Å²) in [6, 6.07) is 9.88. The lowest BCUT2D eigenvalue weighted by atomic mass is 9.98. The van der Waals surface area contributed by atoms with Crippen LogP contribution >= 0.6 is 0 Å². The maximum atomic E-state index is 5.94. The lowest BCUT2D eigenvalue weighted by Gasteiger charge is -2.40. The molecule has 0 spiro atoms. The molecule has 2 aliphatic rings. The number of para-hydroxylation sites is 1. The van der Waals surface area contributed by atoms with Crippen molar-refractivity contribution in [2.45, 2.75) is 57.3 Å². The van der Waals surface area contributed by atoms with Crippen molar-refractivity contribution in [3.05, 3.63) is 43.1 Å². The smallest absolute Gasteiger partial charge is 0.0682 e. The van der Waals surface area contributed by atoms with Gasteiger partial charge in [0.2, 0.25) is 0 Å². The maximum Gasteiger partial charge on any atom is 0.0682 e. The molecule has 3 heterocycles. The first-order valence-corrected chi connectivity index (χ1v) is 9.63. The maximum absolute atomic E-state index is 5.94. The van der Waals surface area contributed by atoms with E-state index in [0.717, 1.165) is 13.1 Å². The van der Waals surface area contributed by atoms with Crippen LogP contribution in [0.2, 0.25) is 0 Å². The first-order valence-electron chi connectivity index (χ1n) is 9.63. The van der Waals surface area contributed by atoms with Crippen molar-refractivity contribution in [1.29, 1.82) is 0 Å². The average Bonchev–Trinajstić information content (AvgIpc) is 3.11. The molecule has 0 aliphatic carbocycles. The molecule has 4 nitrogen and oxygen atoms in total. The second-order valence-electron chi connectivity index (χ2n) is 7.79. The quantitative estimate of drug-likeness (QED) is 0.717. The molecule has 2 aromatic rings. The van der Waals surface area contributed by atoms with E-state index in [9.17, 15) is 0 Å². The summed E-state index contributed by atoms with van der Waals surface area (Å²) in [4.78, 5) is 2.75. The molecule has 2 aliphatic heterocycles. The molecule has 2 saturated heterocycles. The van der Waals surface area contributed by atoms with Crippen LogP contribution in [0.3, 0.4) is 0 Å². The third-order valence-electron chi connectivity index (χ3n) is 5.85. The average molecular weight is 339 g/mol. The summed E-state index contributed by atoms with van der Waals surface area (Å²) in [5.41, 5.74) is 1.24. The van der Waals surface area contributed by atoms with E-state index in [1.807, 2.05) is 12.3 Å². The highest BCUT2D eigenvalue weighted by molar-refractivity contribution is 5.78. The minimum absolute atomic E-state index is 0.428. The fourth-order valence-corrected chi connectivity index (χ4v) is 4.75. The number of hydrogen-bond acceptors (Lipinski definition) is 3. The zero-order valence-corrected chi connectivity index (χ0v) is 15.2. The Morgan fingerprint density at radius 1 is 1.24 bits per heavy atom. The van der Waals surface area contributed by atoms with Gasteiger partial charge in [0.25, 0.3) is 0 Å². The first-order chi connectivity index (χ1) is 12.2. The zero-order valence-electron chi connectivity index (χ0n) is 15.2. The van der Waals surface area contributed by atoms with Crippen LogP contribution in [0.1, 0.15) is 32.6 Å². The first kappa shape index (κ1) is 16.8. The van der Waals surface area contributed by atoms with E-state index in [0.29, 0.717) is 30.7 Å². The predicted octanol–water partition coefficient (Wildman–Crippen LogP) is 3.87. The molecule has 1 aromatic carbocycles. The van der Waals surface area contributed by atoms with Gasteiger partial charge in [0.1, 0.15) is 0 Å². The minimum Gasteiger partial charge on any atom is -0.374 e. The summed E-state index contributed by atoms with van der Waals surface area (Å²) < 4.78 is 8.11. The third-order valence-corrected chi connectivity index (χ3v) is 5.85. The predicted molar refractivity (Wildman–Crippen MR) is 102 cm³/mol. The number of benzene rings is 1. The molecule has 3 atom stereocenters. The lowest BCUT2D eigenvalue weighted by Crippen LogP contribution is -2.47. The zero-order chi connectivity index (χ0) is 17.2. The number of fused-ring (bicyclic) bond motifs is 3. The van der Waals surface area contributed by atoms with Crippen LogP contribution in [-0.2, 0) is 11.3 Å². The fraction of sp³-hybridized carbons (Fsp3) is 0.571. The van der Waals surface area contributed by atoms with Gasteiger partial charge in [-0.05, 0) is 37.7 Å². The van der Waals surface area contributed by atoms with Crippen LogP contribution in [0.25, 0.3) is 10.9 Å². The summed E-state index contributed by atoms with van der Waals surface area (Å²) in [6.07, 6.45) is 9.30. The second kappa shape index (κ2) is 7.30. The number of aromatic nitrogens is 2. The SMILES string of the molecule is C=CCOC1C[C@H]2CC[C@H](C1)N2C[C@@H](C)Cn1ncc2ccccc21. The Balaban J connectivity index is 1.37. The van der Waals surface area contributed by atoms with Crippen molar-refractivity contribution in [3.8, 4) is 0 Å². The van der Waals surface area contributed by atoms with Gasteiger partial charge < -0.3 is 4.74 Å². The fourth-order valence-electron chi connectivity index (χ4n) is 4.75. The van der Waals surface area contributed by atoms with Crippen molar-refractivity contribution in [3.63, 3.8) is 0 Å². The molecule has 2 bridgehead atoms. The van der Waals surface area contributed by atoms with E-state index in [1.165, 1.54) is 36.6 Å². The normalized spacial score (nSPS) is 27.6. The molecule has 2 fully saturated rings. The van der Waals surface area contributed by atoms with Crippen molar-refractivity contribution >= 4 is 10.9 Å². The summed E-state index contributed by atoms with van der Waals surface area (Å²) in [6.45, 7) is 8.96. The van der Waals surface area contributed by atoms with Gasteiger partial charge in [-0.25, -0.2) is 0 Å². The summed E-state index contributed by atoms with van der Waals surface area (Å²) in [5.74, 6) is 0.594. The van der Waals surface area contributed by atoms with Gasteiger partial charge >= 0.3 is 0 Å². The standard InChI is InChI=1S/C21H29N3O/c1-3-10-25-20-11-18-8-9-19(12-20)23(18)14-16(2)15-24-21-7-5-4-6-17(21)13-22-24/h3-7,13,16,18-20H,1,8-12,14-15H2,2H3/t16-,18-,19-/m1/s1. The van der Waals surface area contributed by atoms with Gasteiger partial charge in [-0.1, -0.05) is 31.2 Å². The molecular weight excluding hydrogens is 310 g/mol. The summed E-state index contributed by atoms with van der Waals surface area (Å²) in [5, 5.41) is 5.83. The molecule has 0 N–H and O–H groups in total. The van der Waals surface area contributed by atoms with E-state index in [1.54, 1.807) is 0 Å². The van der Waals surface area contributed by atoms with Crippen LogP contribution in [0.4, 0.5) is 0 Å². The molecule has 4 rings (SSSR count). The number of ether oxygens (including phenoxy) is 1. The van der Waals surface area contributed by atoms with Crippen molar-refractivity contribution in [2.24, 2.45) is 5.92 Å². The van der Waals surface area contributed by atoms with E-state index in [-0.39, 0.29) is 0 Å². The van der Waals surface area contributed by atoms with Crippen molar-refractivity contribution < 1.29 is 4.74 Å². The van der Waals surface area contributed by atoms with Crippen LogP contribution in [0, 0.1) is 5.92 Å². The molecule has 134 valence electrons. The van der Waals surface area contributed by atoms with Crippen LogP contribution in [0.5, 0.6) is 0 Å². The van der Waals surface area contributed by atoms with E-state index >= 15 is 0 Å². The van der Waals surface area contributed by atoms with Crippen LogP contribution in [-0.4, -0.2) is 46.0 Å². The van der Waals surface area contributed by atoms with Gasteiger partial charge in [-0.3, -0.25) is 9.58 Å². The van der Waals surface area contributed by atoms with Crippen molar-refractivity contribution in [2.75, 3.05) is 13.2 Å². The highest BCUT2D eigenvalue weighted by atomic mass is 16.5. The Kier molecular flexibility index (Phi) is 4.91. The lowest BCUT2D eigenvalue weighted by molar-refractivity contribution is -0.0134.